The van der Waals surface area contributed by atoms with E-state index in [9.17, 15) is 14.9 Å². The van der Waals surface area contributed by atoms with E-state index in [1.807, 2.05) is 33.8 Å². The van der Waals surface area contributed by atoms with Gasteiger partial charge >= 0.3 is 11.9 Å². The lowest BCUT2D eigenvalue weighted by Gasteiger charge is -2.31. The number of carbonyl (C=O) groups is 2. The summed E-state index contributed by atoms with van der Waals surface area (Å²) in [6.07, 6.45) is 0. The Morgan fingerprint density at radius 1 is 1.00 bits per heavy atom. The molecule has 0 aliphatic carbocycles. The van der Waals surface area contributed by atoms with Gasteiger partial charge in [0.25, 0.3) is 0 Å². The molecule has 0 radical (unpaired) electrons. The van der Waals surface area contributed by atoms with Crippen molar-refractivity contribution in [2.24, 2.45) is 11.8 Å². The minimum Gasteiger partial charge on any atom is -0.462 e. The summed E-state index contributed by atoms with van der Waals surface area (Å²) in [5.74, 6) is -1.29. The number of dihydropyridines is 1. The minimum absolute atomic E-state index is 0.180. The standard InChI is InChI=1S/C24H30N2O4/c1-14(2)12-29-23(27)20-16(5)26-17(6)21(24(28)30-13-15(3)4)22(20)19-9-7-8-18(10-19)11-25/h7-10,14-15,22,26H,12-13H2,1-6H3. The van der Waals surface area contributed by atoms with Crippen molar-refractivity contribution >= 4 is 11.9 Å². The Bertz CT molecular complexity index is 873. The molecule has 1 aromatic rings. The van der Waals surface area contributed by atoms with E-state index in [1.54, 1.807) is 32.0 Å². The molecule has 0 bridgehead atoms. The van der Waals surface area contributed by atoms with Gasteiger partial charge in [0.05, 0.1) is 41.9 Å². The van der Waals surface area contributed by atoms with Gasteiger partial charge in [-0.05, 0) is 43.4 Å². The van der Waals surface area contributed by atoms with Gasteiger partial charge in [-0.3, -0.25) is 0 Å². The summed E-state index contributed by atoms with van der Waals surface area (Å²) in [5.41, 5.74) is 3.07. The molecule has 1 N–H and O–H groups in total. The number of nitriles is 1. The molecule has 1 aliphatic rings. The largest absolute Gasteiger partial charge is 0.462 e. The van der Waals surface area contributed by atoms with Gasteiger partial charge < -0.3 is 14.8 Å². The molecule has 6 heteroatoms. The second-order valence-electron chi connectivity index (χ2n) is 8.36. The van der Waals surface area contributed by atoms with Crippen molar-refractivity contribution in [3.05, 3.63) is 57.9 Å². The van der Waals surface area contributed by atoms with E-state index in [-0.39, 0.29) is 25.0 Å². The lowest BCUT2D eigenvalue weighted by Crippen LogP contribution is -2.33. The molecule has 0 aromatic heterocycles. The molecule has 160 valence electrons. The second kappa shape index (κ2) is 10.1. The summed E-state index contributed by atoms with van der Waals surface area (Å²) in [4.78, 5) is 26.1. The van der Waals surface area contributed by atoms with Crippen molar-refractivity contribution in [2.75, 3.05) is 13.2 Å². The number of esters is 2. The van der Waals surface area contributed by atoms with Crippen molar-refractivity contribution in [2.45, 2.75) is 47.5 Å². The van der Waals surface area contributed by atoms with Crippen LogP contribution in [-0.2, 0) is 19.1 Å². The van der Waals surface area contributed by atoms with Gasteiger partial charge in [0, 0.05) is 11.4 Å². The third-order valence-corrected chi connectivity index (χ3v) is 4.64. The van der Waals surface area contributed by atoms with Crippen molar-refractivity contribution in [1.82, 2.24) is 5.32 Å². The third-order valence-electron chi connectivity index (χ3n) is 4.64. The Hall–Kier alpha value is -3.07. The first-order valence-corrected chi connectivity index (χ1v) is 10.2. The van der Waals surface area contributed by atoms with E-state index in [0.29, 0.717) is 33.7 Å². The number of allylic oxidation sites excluding steroid dienone is 2. The molecule has 2 rings (SSSR count). The monoisotopic (exact) mass is 410 g/mol. The molecule has 1 heterocycles. The summed E-state index contributed by atoms with van der Waals surface area (Å²) in [7, 11) is 0. The van der Waals surface area contributed by atoms with E-state index in [2.05, 4.69) is 11.4 Å². The molecule has 30 heavy (non-hydrogen) atoms. The fraction of sp³-hybridized carbons (Fsp3) is 0.458. The number of ether oxygens (including phenoxy) is 2. The highest BCUT2D eigenvalue weighted by Crippen LogP contribution is 2.39. The van der Waals surface area contributed by atoms with E-state index < -0.39 is 17.9 Å². The number of hydrogen-bond donors (Lipinski definition) is 1. The average Bonchev–Trinajstić information content (AvgIpc) is 2.69. The Morgan fingerprint density at radius 2 is 1.50 bits per heavy atom. The van der Waals surface area contributed by atoms with Crippen molar-refractivity contribution < 1.29 is 19.1 Å². The van der Waals surface area contributed by atoms with Crippen LogP contribution in [0.4, 0.5) is 0 Å². The molecule has 0 saturated heterocycles. The van der Waals surface area contributed by atoms with E-state index in [0.717, 1.165) is 0 Å². The summed E-state index contributed by atoms with van der Waals surface area (Å²) in [5, 5.41) is 12.5. The molecule has 1 aliphatic heterocycles. The molecule has 0 unspecified atom stereocenters. The number of hydrogen-bond acceptors (Lipinski definition) is 6. The average molecular weight is 411 g/mol. The first kappa shape index (κ1) is 23.2. The lowest BCUT2D eigenvalue weighted by atomic mass is 9.80. The predicted octanol–water partition coefficient (Wildman–Crippen LogP) is 4.19. The quantitative estimate of drug-likeness (QED) is 0.678. The van der Waals surface area contributed by atoms with Crippen LogP contribution in [0.15, 0.2) is 46.8 Å². The van der Waals surface area contributed by atoms with Crippen molar-refractivity contribution in [3.63, 3.8) is 0 Å². The third kappa shape index (κ3) is 5.50. The van der Waals surface area contributed by atoms with Gasteiger partial charge in [-0.15, -0.1) is 0 Å². The summed E-state index contributed by atoms with van der Waals surface area (Å²) in [6.45, 7) is 12.0. The number of benzene rings is 1. The predicted molar refractivity (Wildman–Crippen MR) is 114 cm³/mol. The number of nitrogens with one attached hydrogen (secondary N) is 1. The van der Waals surface area contributed by atoms with Gasteiger partial charge in [0.2, 0.25) is 0 Å². The summed E-state index contributed by atoms with van der Waals surface area (Å²) in [6, 6.07) is 9.05. The van der Waals surface area contributed by atoms with Gasteiger partial charge in [-0.1, -0.05) is 39.8 Å². The molecule has 6 nitrogen and oxygen atoms in total. The fourth-order valence-electron chi connectivity index (χ4n) is 3.30. The van der Waals surface area contributed by atoms with Gasteiger partial charge in [-0.2, -0.15) is 5.26 Å². The normalized spacial score (nSPS) is 14.6. The van der Waals surface area contributed by atoms with Crippen LogP contribution in [0.2, 0.25) is 0 Å². The van der Waals surface area contributed by atoms with Crippen LogP contribution in [0.25, 0.3) is 0 Å². The van der Waals surface area contributed by atoms with Gasteiger partial charge in [0.1, 0.15) is 0 Å². The Morgan fingerprint density at radius 3 is 1.93 bits per heavy atom. The number of rotatable bonds is 7. The highest BCUT2D eigenvalue weighted by Gasteiger charge is 2.38. The molecular formula is C24H30N2O4. The zero-order valence-corrected chi connectivity index (χ0v) is 18.5. The second-order valence-corrected chi connectivity index (χ2v) is 8.36. The fourth-order valence-corrected chi connectivity index (χ4v) is 3.30. The molecule has 0 atom stereocenters. The van der Waals surface area contributed by atoms with Crippen LogP contribution < -0.4 is 5.32 Å². The number of carbonyl (C=O) groups excluding carboxylic acids is 2. The van der Waals surface area contributed by atoms with Crippen LogP contribution in [0, 0.1) is 23.2 Å². The van der Waals surface area contributed by atoms with Crippen LogP contribution in [0.3, 0.4) is 0 Å². The molecule has 0 spiro atoms. The highest BCUT2D eigenvalue weighted by atomic mass is 16.5. The van der Waals surface area contributed by atoms with Crippen molar-refractivity contribution in [1.29, 1.82) is 5.26 Å². The van der Waals surface area contributed by atoms with Gasteiger partial charge in [0.15, 0.2) is 0 Å². The lowest BCUT2D eigenvalue weighted by molar-refractivity contribution is -0.141. The first-order valence-electron chi connectivity index (χ1n) is 10.2. The first-order chi connectivity index (χ1) is 14.1. The molecule has 0 fully saturated rings. The van der Waals surface area contributed by atoms with E-state index >= 15 is 0 Å². The van der Waals surface area contributed by atoms with E-state index in [1.165, 1.54) is 0 Å². The molecular weight excluding hydrogens is 380 g/mol. The topological polar surface area (TPSA) is 88.4 Å². The highest BCUT2D eigenvalue weighted by molar-refractivity contribution is 5.99. The van der Waals surface area contributed by atoms with Crippen LogP contribution in [0.1, 0.15) is 58.6 Å². The Kier molecular flexibility index (Phi) is 7.82. The summed E-state index contributed by atoms with van der Waals surface area (Å²) < 4.78 is 11.0. The maximum Gasteiger partial charge on any atom is 0.336 e. The SMILES string of the molecule is CC1=C(C(=O)OCC(C)C)C(c2cccc(C#N)c2)C(C(=O)OCC(C)C)=C(C)N1. The van der Waals surface area contributed by atoms with Crippen LogP contribution in [-0.4, -0.2) is 25.2 Å². The van der Waals surface area contributed by atoms with Crippen LogP contribution in [0.5, 0.6) is 0 Å². The van der Waals surface area contributed by atoms with E-state index in [4.69, 9.17) is 9.47 Å². The van der Waals surface area contributed by atoms with Gasteiger partial charge in [-0.25, -0.2) is 9.59 Å². The summed E-state index contributed by atoms with van der Waals surface area (Å²) >= 11 is 0. The molecule has 1 aromatic carbocycles. The molecule has 0 saturated carbocycles. The van der Waals surface area contributed by atoms with Crippen LogP contribution >= 0.6 is 0 Å². The Balaban J connectivity index is 2.56. The minimum atomic E-state index is -0.682. The number of nitrogens with zero attached hydrogens (tertiary/aromatic N) is 1. The van der Waals surface area contributed by atoms with Crippen molar-refractivity contribution in [3.8, 4) is 6.07 Å². The maximum atomic E-state index is 13.0. The maximum absolute atomic E-state index is 13.0. The zero-order valence-electron chi connectivity index (χ0n) is 18.5. The smallest absolute Gasteiger partial charge is 0.336 e. The Labute approximate surface area is 178 Å². The molecule has 0 amide bonds. The zero-order chi connectivity index (χ0) is 22.4.